The summed E-state index contributed by atoms with van der Waals surface area (Å²) in [5.41, 5.74) is 14.8. The molecule has 2 nitrogen and oxygen atoms in total. The predicted molar refractivity (Wildman–Crippen MR) is 216 cm³/mol. The minimum absolute atomic E-state index is 0.445. The molecule has 2 aromatic heterocycles. The summed E-state index contributed by atoms with van der Waals surface area (Å²) in [7, 11) is 0. The molecule has 2 heteroatoms. The summed E-state index contributed by atoms with van der Waals surface area (Å²) in [6.45, 7) is 2.15. The number of hydrogen-bond donors (Lipinski definition) is 0. The van der Waals surface area contributed by atoms with Crippen molar-refractivity contribution in [2.75, 3.05) is 0 Å². The van der Waals surface area contributed by atoms with E-state index in [1.165, 1.54) is 88.4 Å². The van der Waals surface area contributed by atoms with Crippen molar-refractivity contribution < 1.29 is 0 Å². The van der Waals surface area contributed by atoms with Crippen molar-refractivity contribution in [1.82, 2.24) is 9.13 Å². The highest BCUT2D eigenvalue weighted by molar-refractivity contribution is 6.12. The van der Waals surface area contributed by atoms with Crippen LogP contribution in [0.2, 0.25) is 0 Å². The molecule has 1 aliphatic carbocycles. The van der Waals surface area contributed by atoms with Crippen LogP contribution in [0.3, 0.4) is 0 Å². The van der Waals surface area contributed by atoms with Gasteiger partial charge in [0.2, 0.25) is 0 Å². The molecule has 0 radical (unpaired) electrons. The van der Waals surface area contributed by atoms with E-state index in [-0.39, 0.29) is 0 Å². The molecule has 0 aliphatic heterocycles. The maximum Gasteiger partial charge on any atom is 0.0541 e. The van der Waals surface area contributed by atoms with Crippen LogP contribution in [0.25, 0.3) is 77.2 Å². The van der Waals surface area contributed by atoms with E-state index < -0.39 is 0 Å². The molecule has 10 rings (SSSR count). The highest BCUT2D eigenvalue weighted by atomic mass is 15.0. The van der Waals surface area contributed by atoms with Crippen LogP contribution in [0, 0.1) is 6.92 Å². The number of aromatic nitrogens is 2. The van der Waals surface area contributed by atoms with Crippen LogP contribution in [0.15, 0.2) is 182 Å². The quantitative estimate of drug-likeness (QED) is 0.175. The molecule has 1 atom stereocenters. The molecule has 0 spiro atoms. The first-order valence-electron chi connectivity index (χ1n) is 17.9. The van der Waals surface area contributed by atoms with Crippen LogP contribution < -0.4 is 0 Å². The van der Waals surface area contributed by atoms with Crippen molar-refractivity contribution in [2.45, 2.75) is 19.3 Å². The molecule has 9 aromatic rings. The first-order valence-corrected chi connectivity index (χ1v) is 17.9. The summed E-state index contributed by atoms with van der Waals surface area (Å²) in [5.74, 6) is 0.445. The number of rotatable bonds is 5. The largest absolute Gasteiger partial charge is 0.309 e. The molecule has 1 unspecified atom stereocenters. The third-order valence-electron chi connectivity index (χ3n) is 10.7. The van der Waals surface area contributed by atoms with Gasteiger partial charge in [-0.2, -0.15) is 0 Å². The Morgan fingerprint density at radius 3 is 1.53 bits per heavy atom. The minimum Gasteiger partial charge on any atom is -0.309 e. The third kappa shape index (κ3) is 4.94. The molecule has 51 heavy (non-hydrogen) atoms. The van der Waals surface area contributed by atoms with E-state index in [9.17, 15) is 0 Å². The van der Waals surface area contributed by atoms with Crippen molar-refractivity contribution >= 4 is 43.6 Å². The lowest BCUT2D eigenvalue weighted by molar-refractivity contribution is 0.853. The summed E-state index contributed by atoms with van der Waals surface area (Å²) in [4.78, 5) is 0. The van der Waals surface area contributed by atoms with Crippen molar-refractivity contribution in [1.29, 1.82) is 0 Å². The summed E-state index contributed by atoms with van der Waals surface area (Å²) in [5, 5.41) is 5.06. The Morgan fingerprint density at radius 1 is 0.431 bits per heavy atom. The van der Waals surface area contributed by atoms with Crippen molar-refractivity contribution in [3.8, 4) is 33.6 Å². The fourth-order valence-corrected chi connectivity index (χ4v) is 8.19. The SMILES string of the molecule is Cc1cccc(-c2ccc(-n3c4ccccc4c4cc(-c5ccc6c(c5)c5ccccc5n6-c5ccc(C6C=CC=CC6)cc5)ccc43)cc2)c1. The van der Waals surface area contributed by atoms with Gasteiger partial charge in [-0.05, 0) is 102 Å². The summed E-state index contributed by atoms with van der Waals surface area (Å²) < 4.78 is 4.81. The molecular weight excluding hydrogens is 617 g/mol. The first-order chi connectivity index (χ1) is 25.2. The van der Waals surface area contributed by atoms with E-state index in [1.807, 2.05) is 0 Å². The van der Waals surface area contributed by atoms with Crippen LogP contribution in [0.1, 0.15) is 23.5 Å². The lowest BCUT2D eigenvalue weighted by Crippen LogP contribution is -1.98. The lowest BCUT2D eigenvalue weighted by atomic mass is 9.92. The lowest BCUT2D eigenvalue weighted by Gasteiger charge is -2.15. The second-order valence-electron chi connectivity index (χ2n) is 13.8. The fourth-order valence-electron chi connectivity index (χ4n) is 8.19. The van der Waals surface area contributed by atoms with Crippen molar-refractivity contribution in [3.05, 3.63) is 193 Å². The number of fused-ring (bicyclic) bond motifs is 6. The standard InChI is InChI=1S/C49H36N2/c1-33-10-9-13-37(30-33)36-20-26-41(27-21-36)51-47-17-8-6-15-43(47)45-32-39(23-29-49(45)51)38-22-28-48-44(31-38)42-14-5-7-16-46(42)50(48)40-24-18-35(19-25-40)34-11-3-2-4-12-34/h2-11,13-32,34H,12H2,1H3. The zero-order valence-electron chi connectivity index (χ0n) is 28.5. The Labute approximate surface area is 297 Å². The van der Waals surface area contributed by atoms with E-state index >= 15 is 0 Å². The van der Waals surface area contributed by atoms with Gasteiger partial charge in [0.1, 0.15) is 0 Å². The van der Waals surface area contributed by atoms with Gasteiger partial charge in [0.15, 0.2) is 0 Å². The number of allylic oxidation sites excluding steroid dienone is 4. The Bertz CT molecular complexity index is 2820. The Kier molecular flexibility index (Phi) is 6.89. The van der Waals surface area contributed by atoms with Gasteiger partial charge in [-0.25, -0.2) is 0 Å². The molecule has 2 heterocycles. The highest BCUT2D eigenvalue weighted by Crippen LogP contribution is 2.39. The van der Waals surface area contributed by atoms with Crippen LogP contribution >= 0.6 is 0 Å². The second-order valence-corrected chi connectivity index (χ2v) is 13.8. The topological polar surface area (TPSA) is 9.86 Å². The highest BCUT2D eigenvalue weighted by Gasteiger charge is 2.17. The average molecular weight is 653 g/mol. The first kappa shape index (κ1) is 29.5. The summed E-state index contributed by atoms with van der Waals surface area (Å²) in [6.07, 6.45) is 9.91. The van der Waals surface area contributed by atoms with Gasteiger partial charge in [-0.15, -0.1) is 0 Å². The summed E-state index contributed by atoms with van der Waals surface area (Å²) in [6, 6.07) is 58.3. The third-order valence-corrected chi connectivity index (χ3v) is 10.7. The molecule has 1 aliphatic rings. The maximum absolute atomic E-state index is 2.41. The fraction of sp³-hybridized carbons (Fsp3) is 0.0612. The number of hydrogen-bond acceptors (Lipinski definition) is 0. The van der Waals surface area contributed by atoms with E-state index in [0.29, 0.717) is 5.92 Å². The summed E-state index contributed by atoms with van der Waals surface area (Å²) >= 11 is 0. The maximum atomic E-state index is 2.41. The number of aryl methyl sites for hydroxylation is 1. The van der Waals surface area contributed by atoms with Crippen LogP contribution in [-0.2, 0) is 0 Å². The van der Waals surface area contributed by atoms with Gasteiger partial charge in [0.05, 0.1) is 22.1 Å². The zero-order valence-corrected chi connectivity index (χ0v) is 28.5. The molecule has 7 aromatic carbocycles. The molecule has 0 saturated heterocycles. The number of para-hydroxylation sites is 2. The van der Waals surface area contributed by atoms with Gasteiger partial charge >= 0.3 is 0 Å². The predicted octanol–water partition coefficient (Wildman–Crippen LogP) is 13.1. The molecule has 0 fully saturated rings. The van der Waals surface area contributed by atoms with Gasteiger partial charge < -0.3 is 9.13 Å². The number of benzene rings is 7. The molecule has 0 amide bonds. The van der Waals surface area contributed by atoms with Gasteiger partial charge in [-0.3, -0.25) is 0 Å². The molecule has 0 saturated carbocycles. The molecule has 0 N–H and O–H groups in total. The van der Waals surface area contributed by atoms with Crippen LogP contribution in [0.4, 0.5) is 0 Å². The van der Waals surface area contributed by atoms with E-state index in [0.717, 1.165) is 6.42 Å². The van der Waals surface area contributed by atoms with E-state index in [4.69, 9.17) is 0 Å². The van der Waals surface area contributed by atoms with Gasteiger partial charge in [0.25, 0.3) is 0 Å². The molecular formula is C49H36N2. The Hall–Kier alpha value is -6.38. The van der Waals surface area contributed by atoms with Crippen molar-refractivity contribution in [2.24, 2.45) is 0 Å². The minimum atomic E-state index is 0.445. The van der Waals surface area contributed by atoms with Gasteiger partial charge in [-0.1, -0.05) is 127 Å². The number of nitrogens with zero attached hydrogens (tertiary/aromatic N) is 2. The Morgan fingerprint density at radius 2 is 0.961 bits per heavy atom. The second kappa shape index (κ2) is 11.9. The van der Waals surface area contributed by atoms with Crippen molar-refractivity contribution in [3.63, 3.8) is 0 Å². The van der Waals surface area contributed by atoms with Gasteiger partial charge in [0, 0.05) is 38.8 Å². The smallest absolute Gasteiger partial charge is 0.0541 e. The van der Waals surface area contributed by atoms with Crippen LogP contribution in [-0.4, -0.2) is 9.13 Å². The Balaban J connectivity index is 1.07. The zero-order chi connectivity index (χ0) is 33.9. The van der Waals surface area contributed by atoms with E-state index in [1.54, 1.807) is 0 Å². The molecule has 242 valence electrons. The normalized spacial score (nSPS) is 14.3. The van der Waals surface area contributed by atoms with E-state index in [2.05, 4.69) is 198 Å². The average Bonchev–Trinajstić information content (AvgIpc) is 3.70. The molecule has 0 bridgehead atoms. The van der Waals surface area contributed by atoms with Crippen LogP contribution in [0.5, 0.6) is 0 Å². The monoisotopic (exact) mass is 652 g/mol.